The molecule has 1 unspecified atom stereocenters. The number of ketones is 1. The molecule has 0 spiro atoms. The van der Waals surface area contributed by atoms with E-state index in [1.165, 1.54) is 30.6 Å². The lowest BCUT2D eigenvalue weighted by Gasteiger charge is -2.56. The van der Waals surface area contributed by atoms with Crippen molar-refractivity contribution in [1.82, 2.24) is 4.98 Å². The Morgan fingerprint density at radius 1 is 1.15 bits per heavy atom. The minimum Gasteiger partial charge on any atom is -0.297 e. The number of halogens is 1. The summed E-state index contributed by atoms with van der Waals surface area (Å²) in [6.07, 6.45) is 6.85. The maximum atomic E-state index is 13.5. The van der Waals surface area contributed by atoms with Gasteiger partial charge in [-0.25, -0.2) is 4.98 Å². The Morgan fingerprint density at radius 2 is 1.74 bits per heavy atom. The number of carbonyl (C=O) groups is 1. The van der Waals surface area contributed by atoms with E-state index >= 15 is 0 Å². The van der Waals surface area contributed by atoms with Crippen LogP contribution in [-0.4, -0.2) is 10.8 Å². The first-order chi connectivity index (χ1) is 13.1. The Kier molecular flexibility index (Phi) is 4.14. The molecule has 1 heterocycles. The van der Waals surface area contributed by atoms with Crippen molar-refractivity contribution in [3.05, 3.63) is 39.7 Å². The summed E-state index contributed by atoms with van der Waals surface area (Å²) >= 11 is 7.39. The Labute approximate surface area is 168 Å². The average molecular weight is 397 g/mol. The van der Waals surface area contributed by atoms with Crippen LogP contribution in [0.1, 0.15) is 49.5 Å². The molecule has 4 aliphatic rings. The van der Waals surface area contributed by atoms with Crippen LogP contribution in [0.4, 0.5) is 0 Å². The number of benzene rings is 1. The highest BCUT2D eigenvalue weighted by molar-refractivity contribution is 7.10. The Hall–Kier alpha value is -1.70. The van der Waals surface area contributed by atoms with E-state index in [2.05, 4.69) is 11.1 Å². The zero-order chi connectivity index (χ0) is 18.6. The van der Waals surface area contributed by atoms with Crippen LogP contribution >= 0.6 is 22.9 Å². The molecule has 0 radical (unpaired) electrons. The fourth-order valence-corrected chi connectivity index (χ4v) is 7.11. The second kappa shape index (κ2) is 6.43. The zero-order valence-electron chi connectivity index (χ0n) is 15.0. The SMILES string of the molecule is N#CC(C(=O)C12CC3CC(CC(C3)C1)C2)c1nc(-c2ccc(Cl)cc2)cs1. The van der Waals surface area contributed by atoms with Crippen molar-refractivity contribution in [2.45, 2.75) is 44.4 Å². The van der Waals surface area contributed by atoms with E-state index in [0.717, 1.165) is 30.5 Å². The van der Waals surface area contributed by atoms with Crippen molar-refractivity contribution in [2.24, 2.45) is 23.2 Å². The second-order valence-corrected chi connectivity index (χ2v) is 10.0. The van der Waals surface area contributed by atoms with E-state index in [1.807, 2.05) is 29.6 Å². The van der Waals surface area contributed by atoms with Gasteiger partial charge in [0, 0.05) is 21.4 Å². The van der Waals surface area contributed by atoms with E-state index in [0.29, 0.717) is 27.8 Å². The van der Waals surface area contributed by atoms with Crippen molar-refractivity contribution in [3.8, 4) is 17.3 Å². The summed E-state index contributed by atoms with van der Waals surface area (Å²) in [6.45, 7) is 0. The third-order valence-electron chi connectivity index (χ3n) is 6.86. The molecule has 27 heavy (non-hydrogen) atoms. The summed E-state index contributed by atoms with van der Waals surface area (Å²) in [4.78, 5) is 18.2. The fourth-order valence-electron chi connectivity index (χ4n) is 6.12. The zero-order valence-corrected chi connectivity index (χ0v) is 16.6. The van der Waals surface area contributed by atoms with Gasteiger partial charge in [-0.05, 0) is 68.4 Å². The molecule has 4 saturated carbocycles. The number of hydrogen-bond acceptors (Lipinski definition) is 4. The molecule has 5 heteroatoms. The largest absolute Gasteiger partial charge is 0.297 e. The van der Waals surface area contributed by atoms with Crippen molar-refractivity contribution in [3.63, 3.8) is 0 Å². The molecule has 0 saturated heterocycles. The third kappa shape index (κ3) is 2.92. The van der Waals surface area contributed by atoms with E-state index < -0.39 is 5.92 Å². The van der Waals surface area contributed by atoms with Gasteiger partial charge in [-0.2, -0.15) is 5.26 Å². The van der Waals surface area contributed by atoms with Gasteiger partial charge in [-0.3, -0.25) is 4.79 Å². The van der Waals surface area contributed by atoms with Gasteiger partial charge >= 0.3 is 0 Å². The van der Waals surface area contributed by atoms with Gasteiger partial charge < -0.3 is 0 Å². The predicted molar refractivity (Wildman–Crippen MR) is 107 cm³/mol. The summed E-state index contributed by atoms with van der Waals surface area (Å²) in [5.74, 6) is 1.50. The van der Waals surface area contributed by atoms with Crippen LogP contribution < -0.4 is 0 Å². The minimum atomic E-state index is -0.729. The molecule has 1 atom stereocenters. The van der Waals surface area contributed by atoms with Crippen molar-refractivity contribution in [1.29, 1.82) is 5.26 Å². The topological polar surface area (TPSA) is 53.8 Å². The van der Waals surface area contributed by atoms with Gasteiger partial charge in [0.1, 0.15) is 5.01 Å². The van der Waals surface area contributed by atoms with Crippen molar-refractivity contribution in [2.75, 3.05) is 0 Å². The van der Waals surface area contributed by atoms with Crippen LogP contribution in [0.25, 0.3) is 11.3 Å². The maximum absolute atomic E-state index is 13.5. The van der Waals surface area contributed by atoms with E-state index in [9.17, 15) is 10.1 Å². The molecule has 4 fully saturated rings. The molecule has 1 aromatic carbocycles. The Bertz CT molecular complexity index is 891. The number of rotatable bonds is 4. The first-order valence-corrected chi connectivity index (χ1v) is 11.0. The van der Waals surface area contributed by atoms with E-state index in [-0.39, 0.29) is 11.2 Å². The van der Waals surface area contributed by atoms with Crippen LogP contribution in [0.3, 0.4) is 0 Å². The van der Waals surface area contributed by atoms with Gasteiger partial charge in [0.2, 0.25) is 0 Å². The van der Waals surface area contributed by atoms with E-state index in [1.54, 1.807) is 0 Å². The molecular formula is C22H21ClN2OS. The summed E-state index contributed by atoms with van der Waals surface area (Å²) in [5, 5.41) is 13.1. The minimum absolute atomic E-state index is 0.140. The molecule has 6 rings (SSSR count). The second-order valence-electron chi connectivity index (χ2n) is 8.70. The quantitative estimate of drug-likeness (QED) is 0.650. The van der Waals surface area contributed by atoms with Gasteiger partial charge in [0.25, 0.3) is 0 Å². The molecule has 1 aromatic heterocycles. The lowest BCUT2D eigenvalue weighted by atomic mass is 9.48. The Morgan fingerprint density at radius 3 is 2.30 bits per heavy atom. The van der Waals surface area contributed by atoms with Gasteiger partial charge in [0.05, 0.1) is 11.8 Å². The molecular weight excluding hydrogens is 376 g/mol. The van der Waals surface area contributed by atoms with E-state index in [4.69, 9.17) is 11.6 Å². The van der Waals surface area contributed by atoms with Crippen LogP contribution in [0.2, 0.25) is 5.02 Å². The molecule has 2 aromatic rings. The highest BCUT2D eigenvalue weighted by Crippen LogP contribution is 2.61. The monoisotopic (exact) mass is 396 g/mol. The molecule has 0 amide bonds. The highest BCUT2D eigenvalue weighted by Gasteiger charge is 2.56. The van der Waals surface area contributed by atoms with Crippen LogP contribution in [0, 0.1) is 34.5 Å². The van der Waals surface area contributed by atoms with Gasteiger partial charge in [-0.1, -0.05) is 23.7 Å². The fraction of sp³-hybridized carbons (Fsp3) is 0.500. The third-order valence-corrected chi connectivity index (χ3v) is 8.02. The van der Waals surface area contributed by atoms with Gasteiger partial charge in [0.15, 0.2) is 11.7 Å². The Balaban J connectivity index is 1.43. The first-order valence-electron chi connectivity index (χ1n) is 9.71. The summed E-state index contributed by atoms with van der Waals surface area (Å²) in [6, 6.07) is 9.80. The number of thiazole rings is 1. The standard InChI is InChI=1S/C22H21ClN2OS/c23-17-3-1-16(2-4-17)19-12-27-21(25-19)18(11-24)20(26)22-8-13-5-14(9-22)7-15(6-13)10-22/h1-4,12-15,18H,5-10H2. The molecule has 4 bridgehead atoms. The van der Waals surface area contributed by atoms with Crippen LogP contribution in [0.5, 0.6) is 0 Å². The lowest BCUT2D eigenvalue weighted by molar-refractivity contribution is -0.144. The summed E-state index contributed by atoms with van der Waals surface area (Å²) in [7, 11) is 0. The molecule has 0 aliphatic heterocycles. The maximum Gasteiger partial charge on any atom is 0.163 e. The predicted octanol–water partition coefficient (Wildman–Crippen LogP) is 5.86. The number of aromatic nitrogens is 1. The molecule has 4 aliphatic carbocycles. The van der Waals surface area contributed by atoms with Gasteiger partial charge in [-0.15, -0.1) is 11.3 Å². The average Bonchev–Trinajstić information content (AvgIpc) is 3.11. The summed E-state index contributed by atoms with van der Waals surface area (Å²) < 4.78 is 0. The molecule has 0 N–H and O–H groups in total. The highest BCUT2D eigenvalue weighted by atomic mass is 35.5. The number of Topliss-reactive ketones (excluding diaryl/α,β-unsaturated/α-hetero) is 1. The van der Waals surface area contributed by atoms with Crippen LogP contribution in [-0.2, 0) is 4.79 Å². The van der Waals surface area contributed by atoms with Crippen molar-refractivity contribution < 1.29 is 4.79 Å². The molecule has 138 valence electrons. The number of nitriles is 1. The smallest absolute Gasteiger partial charge is 0.163 e. The lowest BCUT2D eigenvalue weighted by Crippen LogP contribution is -2.51. The number of carbonyl (C=O) groups excluding carboxylic acids is 1. The number of hydrogen-bond donors (Lipinski definition) is 0. The van der Waals surface area contributed by atoms with Crippen molar-refractivity contribution >= 4 is 28.7 Å². The normalized spacial score (nSPS) is 32.2. The first kappa shape index (κ1) is 17.4. The number of nitrogens with zero attached hydrogens (tertiary/aromatic N) is 2. The molecule has 3 nitrogen and oxygen atoms in total. The van der Waals surface area contributed by atoms with Crippen LogP contribution in [0.15, 0.2) is 29.6 Å². The summed E-state index contributed by atoms with van der Waals surface area (Å²) in [5.41, 5.74) is 1.51.